The Bertz CT molecular complexity index is 363. The fourth-order valence-electron chi connectivity index (χ4n) is 1.24. The van der Waals surface area contributed by atoms with Gasteiger partial charge >= 0.3 is 0 Å². The number of ether oxygens (including phenoxy) is 1. The molecule has 0 saturated heterocycles. The lowest BCUT2D eigenvalue weighted by atomic mass is 10.0. The third-order valence-corrected chi connectivity index (χ3v) is 2.35. The normalized spacial score (nSPS) is 12.3. The summed E-state index contributed by atoms with van der Waals surface area (Å²) in [7, 11) is 1.47. The van der Waals surface area contributed by atoms with E-state index in [4.69, 9.17) is 16.3 Å². The van der Waals surface area contributed by atoms with Crippen molar-refractivity contribution >= 4 is 17.4 Å². The van der Waals surface area contributed by atoms with Crippen molar-refractivity contribution < 1.29 is 14.6 Å². The summed E-state index contributed by atoms with van der Waals surface area (Å²) in [6, 6.07) is 4.75. The molecule has 0 aromatic heterocycles. The maximum absolute atomic E-state index is 11.7. The maximum atomic E-state index is 11.7. The number of benzene rings is 1. The summed E-state index contributed by atoms with van der Waals surface area (Å²) in [6.07, 6.45) is -0.633. The first-order valence-electron chi connectivity index (χ1n) is 4.66. The molecule has 4 heteroatoms. The van der Waals surface area contributed by atoms with E-state index >= 15 is 0 Å². The average Bonchev–Trinajstić information content (AvgIpc) is 2.27. The molecule has 15 heavy (non-hydrogen) atoms. The first kappa shape index (κ1) is 12.0. The van der Waals surface area contributed by atoms with E-state index in [1.54, 1.807) is 19.1 Å². The molecule has 0 heterocycles. The van der Waals surface area contributed by atoms with Gasteiger partial charge in [0.1, 0.15) is 11.9 Å². The Hall–Kier alpha value is -1.06. The molecule has 82 valence electrons. The summed E-state index contributed by atoms with van der Waals surface area (Å²) in [6.45, 7) is 1.74. The van der Waals surface area contributed by atoms with Crippen LogP contribution < -0.4 is 4.74 Å². The topological polar surface area (TPSA) is 46.5 Å². The van der Waals surface area contributed by atoms with Crippen LogP contribution in [0.1, 0.15) is 23.7 Å². The van der Waals surface area contributed by atoms with Gasteiger partial charge in [-0.3, -0.25) is 4.79 Å². The van der Waals surface area contributed by atoms with Crippen molar-refractivity contribution in [1.29, 1.82) is 0 Å². The smallest absolute Gasteiger partial charge is 0.195 e. The minimum absolute atomic E-state index is 0.319. The number of halogens is 1. The van der Waals surface area contributed by atoms with Crippen LogP contribution in [-0.2, 0) is 0 Å². The van der Waals surface area contributed by atoms with Crippen molar-refractivity contribution in [3.8, 4) is 5.75 Å². The Morgan fingerprint density at radius 2 is 2.27 bits per heavy atom. The van der Waals surface area contributed by atoms with E-state index in [0.717, 1.165) is 0 Å². The second kappa shape index (κ2) is 5.14. The minimum atomic E-state index is -1.00. The van der Waals surface area contributed by atoms with Crippen LogP contribution in [0, 0.1) is 0 Å². The van der Waals surface area contributed by atoms with Crippen molar-refractivity contribution in [2.45, 2.75) is 19.4 Å². The van der Waals surface area contributed by atoms with Gasteiger partial charge in [0.05, 0.1) is 12.7 Å². The fourth-order valence-corrected chi connectivity index (χ4v) is 1.41. The number of hydrogen-bond acceptors (Lipinski definition) is 3. The van der Waals surface area contributed by atoms with Gasteiger partial charge in [0.25, 0.3) is 0 Å². The predicted molar refractivity (Wildman–Crippen MR) is 58.6 cm³/mol. The quantitative estimate of drug-likeness (QED) is 0.805. The van der Waals surface area contributed by atoms with Crippen molar-refractivity contribution in [1.82, 2.24) is 0 Å². The molecule has 1 aromatic carbocycles. The highest BCUT2D eigenvalue weighted by molar-refractivity contribution is 6.31. The third-order valence-electron chi connectivity index (χ3n) is 2.12. The number of hydrogen-bond donors (Lipinski definition) is 1. The minimum Gasteiger partial charge on any atom is -0.496 e. The molecule has 3 nitrogen and oxygen atoms in total. The highest BCUT2D eigenvalue weighted by atomic mass is 35.5. The summed E-state index contributed by atoms with van der Waals surface area (Å²) in [5.41, 5.74) is 0.319. The number of aliphatic hydroxyl groups is 1. The molecule has 1 unspecified atom stereocenters. The SMILES string of the molecule is CCC(O)C(=O)c1cc(Cl)ccc1OC. The average molecular weight is 229 g/mol. The second-order valence-corrected chi connectivity index (χ2v) is 3.57. The number of Topliss-reactive ketones (excluding diaryl/α,β-unsaturated/α-hetero) is 1. The number of carbonyl (C=O) groups excluding carboxylic acids is 1. The fraction of sp³-hybridized carbons (Fsp3) is 0.364. The van der Waals surface area contributed by atoms with Gasteiger partial charge in [0.2, 0.25) is 0 Å². The molecular weight excluding hydrogens is 216 g/mol. The van der Waals surface area contributed by atoms with Crippen LogP contribution in [0.3, 0.4) is 0 Å². The molecule has 0 spiro atoms. The van der Waals surface area contributed by atoms with Crippen molar-refractivity contribution in [2.75, 3.05) is 7.11 Å². The molecule has 0 aliphatic rings. The number of rotatable bonds is 4. The summed E-state index contributed by atoms with van der Waals surface area (Å²) >= 11 is 5.78. The van der Waals surface area contributed by atoms with Crippen molar-refractivity contribution in [3.05, 3.63) is 28.8 Å². The van der Waals surface area contributed by atoms with Crippen LogP contribution in [0.25, 0.3) is 0 Å². The van der Waals surface area contributed by atoms with Gasteiger partial charge in [-0.25, -0.2) is 0 Å². The van der Waals surface area contributed by atoms with Crippen LogP contribution in [0.5, 0.6) is 5.75 Å². The molecule has 0 fully saturated rings. The molecule has 1 aromatic rings. The molecule has 0 aliphatic carbocycles. The van der Waals surface area contributed by atoms with Gasteiger partial charge in [-0.05, 0) is 24.6 Å². The molecule has 0 bridgehead atoms. The first-order chi connectivity index (χ1) is 7.10. The predicted octanol–water partition coefficient (Wildman–Crippen LogP) is 2.30. The summed E-state index contributed by atoms with van der Waals surface area (Å²) < 4.78 is 5.03. The van der Waals surface area contributed by atoms with E-state index < -0.39 is 6.10 Å². The Morgan fingerprint density at radius 3 is 2.80 bits per heavy atom. The zero-order valence-corrected chi connectivity index (χ0v) is 9.41. The van der Waals surface area contributed by atoms with E-state index in [-0.39, 0.29) is 5.78 Å². The molecular formula is C11H13ClO3. The monoisotopic (exact) mass is 228 g/mol. The summed E-state index contributed by atoms with van der Waals surface area (Å²) in [5.74, 6) is 0.0637. The molecule has 1 N–H and O–H groups in total. The second-order valence-electron chi connectivity index (χ2n) is 3.13. The molecule has 0 aliphatic heterocycles. The largest absolute Gasteiger partial charge is 0.496 e. The van der Waals surface area contributed by atoms with E-state index in [1.165, 1.54) is 13.2 Å². The lowest BCUT2D eigenvalue weighted by Gasteiger charge is -2.10. The molecule has 0 saturated carbocycles. The van der Waals surface area contributed by atoms with Crippen LogP contribution in [0.15, 0.2) is 18.2 Å². The van der Waals surface area contributed by atoms with E-state index in [0.29, 0.717) is 22.8 Å². The van der Waals surface area contributed by atoms with E-state index in [2.05, 4.69) is 0 Å². The van der Waals surface area contributed by atoms with Gasteiger partial charge in [0.15, 0.2) is 5.78 Å². The first-order valence-corrected chi connectivity index (χ1v) is 5.03. The molecule has 1 rings (SSSR count). The zero-order chi connectivity index (χ0) is 11.4. The van der Waals surface area contributed by atoms with Crippen LogP contribution in [0.4, 0.5) is 0 Å². The standard InChI is InChI=1S/C11H13ClO3/c1-3-9(13)11(14)8-6-7(12)4-5-10(8)15-2/h4-6,9,13H,3H2,1-2H3. The number of methoxy groups -OCH3 is 1. The molecule has 0 radical (unpaired) electrons. The number of carbonyl (C=O) groups is 1. The third kappa shape index (κ3) is 2.70. The van der Waals surface area contributed by atoms with Crippen molar-refractivity contribution in [3.63, 3.8) is 0 Å². The summed E-state index contributed by atoms with van der Waals surface area (Å²) in [4.78, 5) is 11.7. The highest BCUT2D eigenvalue weighted by Crippen LogP contribution is 2.24. The van der Waals surface area contributed by atoms with Gasteiger partial charge in [-0.15, -0.1) is 0 Å². The maximum Gasteiger partial charge on any atom is 0.195 e. The van der Waals surface area contributed by atoms with Gasteiger partial charge in [-0.2, -0.15) is 0 Å². The Morgan fingerprint density at radius 1 is 1.60 bits per heavy atom. The Labute approximate surface area is 93.6 Å². The van der Waals surface area contributed by atoms with E-state index in [1.807, 2.05) is 0 Å². The Kier molecular flexibility index (Phi) is 4.12. The van der Waals surface area contributed by atoms with E-state index in [9.17, 15) is 9.90 Å². The van der Waals surface area contributed by atoms with Gasteiger partial charge < -0.3 is 9.84 Å². The number of ketones is 1. The van der Waals surface area contributed by atoms with Gasteiger partial charge in [-0.1, -0.05) is 18.5 Å². The van der Waals surface area contributed by atoms with Gasteiger partial charge in [0, 0.05) is 5.02 Å². The van der Waals surface area contributed by atoms with Crippen LogP contribution in [-0.4, -0.2) is 24.1 Å². The number of aliphatic hydroxyl groups excluding tert-OH is 1. The Balaban J connectivity index is 3.11. The highest BCUT2D eigenvalue weighted by Gasteiger charge is 2.19. The lowest BCUT2D eigenvalue weighted by molar-refractivity contribution is 0.0737. The van der Waals surface area contributed by atoms with Crippen LogP contribution in [0.2, 0.25) is 5.02 Å². The summed E-state index contributed by atoms with van der Waals surface area (Å²) in [5, 5.41) is 9.89. The lowest BCUT2D eigenvalue weighted by Crippen LogP contribution is -2.19. The van der Waals surface area contributed by atoms with Crippen molar-refractivity contribution in [2.24, 2.45) is 0 Å². The zero-order valence-electron chi connectivity index (χ0n) is 8.66. The molecule has 1 atom stereocenters. The molecule has 0 amide bonds. The van der Waals surface area contributed by atoms with Crippen LogP contribution >= 0.6 is 11.6 Å².